The van der Waals surface area contributed by atoms with Gasteiger partial charge in [-0.2, -0.15) is 0 Å². The van der Waals surface area contributed by atoms with E-state index in [0.717, 1.165) is 28.3 Å². The first-order valence-electron chi connectivity index (χ1n) is 7.50. The van der Waals surface area contributed by atoms with Crippen molar-refractivity contribution in [2.45, 2.75) is 27.3 Å². The Balaban J connectivity index is 1.87. The molecule has 0 bridgehead atoms. The number of rotatable bonds is 4. The Morgan fingerprint density at radius 1 is 1.22 bits per heavy atom. The molecule has 0 aliphatic heterocycles. The van der Waals surface area contributed by atoms with Crippen LogP contribution in [0.15, 0.2) is 42.6 Å². The molecule has 0 fully saturated rings. The monoisotopic (exact) mass is 309 g/mol. The zero-order valence-corrected chi connectivity index (χ0v) is 13.5. The van der Waals surface area contributed by atoms with Gasteiger partial charge in [0.1, 0.15) is 5.75 Å². The van der Waals surface area contributed by atoms with E-state index in [1.165, 1.54) is 6.92 Å². The van der Waals surface area contributed by atoms with E-state index in [0.29, 0.717) is 12.3 Å². The van der Waals surface area contributed by atoms with Gasteiger partial charge in [-0.3, -0.25) is 4.79 Å². The van der Waals surface area contributed by atoms with Crippen LogP contribution >= 0.6 is 0 Å². The molecule has 0 amide bonds. The summed E-state index contributed by atoms with van der Waals surface area (Å²) in [6.45, 7) is 6.01. The Labute approximate surface area is 134 Å². The largest absolute Gasteiger partial charge is 0.426 e. The molecule has 0 aliphatic carbocycles. The first-order valence-corrected chi connectivity index (χ1v) is 7.50. The minimum absolute atomic E-state index is 0.320. The van der Waals surface area contributed by atoms with E-state index in [-0.39, 0.29) is 5.97 Å². The molecule has 1 aromatic carbocycles. The first-order chi connectivity index (χ1) is 11.1. The molecule has 0 saturated carbocycles. The van der Waals surface area contributed by atoms with Crippen LogP contribution in [0.4, 0.5) is 5.69 Å². The predicted octanol–water partition coefficient (Wildman–Crippen LogP) is 3.49. The van der Waals surface area contributed by atoms with Crippen molar-refractivity contribution in [1.82, 2.24) is 9.38 Å². The van der Waals surface area contributed by atoms with Crippen LogP contribution in [0.5, 0.6) is 5.75 Å². The fourth-order valence-corrected chi connectivity index (χ4v) is 2.53. The van der Waals surface area contributed by atoms with E-state index in [2.05, 4.69) is 21.6 Å². The molecule has 2 heterocycles. The third-order valence-electron chi connectivity index (χ3n) is 3.82. The lowest BCUT2D eigenvalue weighted by atomic mass is 10.2. The molecule has 1 N–H and O–H groups in total. The lowest BCUT2D eigenvalue weighted by Crippen LogP contribution is -2.07. The third-order valence-corrected chi connectivity index (χ3v) is 3.82. The van der Waals surface area contributed by atoms with E-state index in [1.54, 1.807) is 6.07 Å². The molecule has 3 rings (SSSR count). The number of fused-ring (bicyclic) bond motifs is 1. The molecule has 0 aliphatic rings. The highest BCUT2D eigenvalue weighted by molar-refractivity contribution is 5.70. The molecule has 5 heteroatoms. The molecule has 0 atom stereocenters. The summed E-state index contributed by atoms with van der Waals surface area (Å²) in [6, 6.07) is 11.5. The average Bonchev–Trinajstić information content (AvgIpc) is 2.82. The Kier molecular flexibility index (Phi) is 4.02. The lowest BCUT2D eigenvalue weighted by Gasteiger charge is -2.11. The molecule has 3 aromatic rings. The number of aryl methyl sites for hydroxylation is 2. The summed E-state index contributed by atoms with van der Waals surface area (Å²) in [4.78, 5) is 15.8. The normalized spacial score (nSPS) is 10.7. The van der Waals surface area contributed by atoms with Crippen LogP contribution in [0.1, 0.15) is 23.9 Å². The van der Waals surface area contributed by atoms with Crippen LogP contribution in [0.25, 0.3) is 5.65 Å². The summed E-state index contributed by atoms with van der Waals surface area (Å²) in [5, 5.41) is 3.38. The number of nitrogens with zero attached hydrogens (tertiary/aromatic N) is 2. The Hall–Kier alpha value is -2.82. The number of esters is 1. The van der Waals surface area contributed by atoms with Crippen LogP contribution in [0.2, 0.25) is 0 Å². The molecule has 0 spiro atoms. The smallest absolute Gasteiger partial charge is 0.308 e. The quantitative estimate of drug-likeness (QED) is 0.592. The Morgan fingerprint density at radius 2 is 2.00 bits per heavy atom. The van der Waals surface area contributed by atoms with Gasteiger partial charge in [-0.05, 0) is 32.0 Å². The number of benzene rings is 1. The summed E-state index contributed by atoms with van der Waals surface area (Å²) in [5.74, 6) is 0.259. The summed E-state index contributed by atoms with van der Waals surface area (Å²) in [6.07, 6.45) is 2.00. The maximum Gasteiger partial charge on any atom is 0.308 e. The summed E-state index contributed by atoms with van der Waals surface area (Å²) < 4.78 is 7.31. The molecular weight excluding hydrogens is 290 g/mol. The minimum atomic E-state index is -0.320. The van der Waals surface area contributed by atoms with Gasteiger partial charge < -0.3 is 14.5 Å². The number of aromatic nitrogens is 2. The number of para-hydroxylation sites is 1. The predicted molar refractivity (Wildman–Crippen MR) is 89.7 cm³/mol. The molecule has 5 nitrogen and oxygen atoms in total. The van der Waals surface area contributed by atoms with Crippen molar-refractivity contribution >= 4 is 17.3 Å². The molecule has 0 unspecified atom stereocenters. The molecular formula is C18H19N3O2. The van der Waals surface area contributed by atoms with E-state index in [9.17, 15) is 4.79 Å². The minimum Gasteiger partial charge on any atom is -0.426 e. The summed E-state index contributed by atoms with van der Waals surface area (Å²) in [5.41, 5.74) is 4.90. The van der Waals surface area contributed by atoms with E-state index < -0.39 is 0 Å². The number of hydrogen-bond donors (Lipinski definition) is 1. The maximum absolute atomic E-state index is 11.2. The second kappa shape index (κ2) is 6.12. The van der Waals surface area contributed by atoms with Crippen molar-refractivity contribution in [1.29, 1.82) is 0 Å². The van der Waals surface area contributed by atoms with E-state index in [4.69, 9.17) is 4.74 Å². The molecule has 0 saturated heterocycles. The van der Waals surface area contributed by atoms with Gasteiger partial charge in [0.25, 0.3) is 0 Å². The number of hydrogen-bond acceptors (Lipinski definition) is 4. The molecule has 23 heavy (non-hydrogen) atoms. The molecule has 2 aromatic heterocycles. The molecule has 0 radical (unpaired) electrons. The Morgan fingerprint density at radius 3 is 2.78 bits per heavy atom. The fourth-order valence-electron chi connectivity index (χ4n) is 2.53. The van der Waals surface area contributed by atoms with Crippen LogP contribution in [0, 0.1) is 13.8 Å². The van der Waals surface area contributed by atoms with Gasteiger partial charge in [-0.15, -0.1) is 0 Å². The third kappa shape index (κ3) is 3.04. The molecule has 118 valence electrons. The van der Waals surface area contributed by atoms with Crippen molar-refractivity contribution in [3.63, 3.8) is 0 Å². The second-order valence-corrected chi connectivity index (χ2v) is 5.45. The van der Waals surface area contributed by atoms with Crippen LogP contribution < -0.4 is 10.1 Å². The van der Waals surface area contributed by atoms with Gasteiger partial charge in [-0.1, -0.05) is 18.2 Å². The van der Waals surface area contributed by atoms with Gasteiger partial charge >= 0.3 is 5.97 Å². The summed E-state index contributed by atoms with van der Waals surface area (Å²) in [7, 11) is 0. The number of carbonyl (C=O) groups excluding carboxylic acids is 1. The van der Waals surface area contributed by atoms with Crippen molar-refractivity contribution < 1.29 is 9.53 Å². The highest BCUT2D eigenvalue weighted by Crippen LogP contribution is 2.23. The Bertz CT molecular complexity index is 868. The fraction of sp³-hybridized carbons (Fsp3) is 0.222. The highest BCUT2D eigenvalue weighted by atomic mass is 16.5. The van der Waals surface area contributed by atoms with Crippen molar-refractivity contribution in [3.05, 3.63) is 59.5 Å². The number of anilines is 1. The van der Waals surface area contributed by atoms with E-state index in [1.807, 2.05) is 43.5 Å². The van der Waals surface area contributed by atoms with Gasteiger partial charge in [0, 0.05) is 30.9 Å². The zero-order chi connectivity index (χ0) is 16.4. The lowest BCUT2D eigenvalue weighted by molar-refractivity contribution is -0.131. The van der Waals surface area contributed by atoms with Gasteiger partial charge in [0.2, 0.25) is 0 Å². The number of imidazole rings is 1. The van der Waals surface area contributed by atoms with Crippen molar-refractivity contribution in [2.24, 2.45) is 0 Å². The topological polar surface area (TPSA) is 55.6 Å². The van der Waals surface area contributed by atoms with Gasteiger partial charge in [0.15, 0.2) is 5.65 Å². The van der Waals surface area contributed by atoms with Crippen molar-refractivity contribution in [2.75, 3.05) is 5.32 Å². The standard InChI is InChI=1S/C18H19N3O2/c1-12-13(2)21-10-6-8-16(18(21)20-12)19-11-15-7-4-5-9-17(15)23-14(3)22/h4-10,19H,11H2,1-3H3. The van der Waals surface area contributed by atoms with E-state index >= 15 is 0 Å². The number of nitrogens with one attached hydrogen (secondary N) is 1. The average molecular weight is 309 g/mol. The summed E-state index contributed by atoms with van der Waals surface area (Å²) >= 11 is 0. The zero-order valence-electron chi connectivity index (χ0n) is 13.5. The van der Waals surface area contributed by atoms with Crippen LogP contribution in [0.3, 0.4) is 0 Å². The second-order valence-electron chi connectivity index (χ2n) is 5.45. The number of pyridine rings is 1. The van der Waals surface area contributed by atoms with Crippen LogP contribution in [-0.4, -0.2) is 15.4 Å². The number of carbonyl (C=O) groups is 1. The highest BCUT2D eigenvalue weighted by Gasteiger charge is 2.10. The van der Waals surface area contributed by atoms with Crippen molar-refractivity contribution in [3.8, 4) is 5.75 Å². The first kappa shape index (κ1) is 15.1. The number of ether oxygens (including phenoxy) is 1. The van der Waals surface area contributed by atoms with Crippen LogP contribution in [-0.2, 0) is 11.3 Å². The SMILES string of the molecule is CC(=O)Oc1ccccc1CNc1cccn2c(C)c(C)nc12. The van der Waals surface area contributed by atoms with Gasteiger partial charge in [-0.25, -0.2) is 4.98 Å². The van der Waals surface area contributed by atoms with Gasteiger partial charge in [0.05, 0.1) is 11.4 Å². The maximum atomic E-state index is 11.2.